The first kappa shape index (κ1) is 18.7. The highest BCUT2D eigenvalue weighted by atomic mass is 19.4. The van der Waals surface area contributed by atoms with E-state index in [2.05, 4.69) is 27.1 Å². The van der Waals surface area contributed by atoms with Crippen molar-refractivity contribution in [1.82, 2.24) is 20.1 Å². The van der Waals surface area contributed by atoms with Gasteiger partial charge in [-0.05, 0) is 39.1 Å². The van der Waals surface area contributed by atoms with Crippen LogP contribution in [0.3, 0.4) is 0 Å². The molecule has 0 unspecified atom stereocenters. The summed E-state index contributed by atoms with van der Waals surface area (Å²) in [6.45, 7) is 6.93. The van der Waals surface area contributed by atoms with Gasteiger partial charge in [0.15, 0.2) is 0 Å². The maximum absolute atomic E-state index is 12.6. The van der Waals surface area contributed by atoms with Gasteiger partial charge < -0.3 is 15.1 Å². The molecule has 0 saturated carbocycles. The summed E-state index contributed by atoms with van der Waals surface area (Å²) in [5.41, 5.74) is -0.712. The third-order valence-electron chi connectivity index (χ3n) is 4.15. The lowest BCUT2D eigenvalue weighted by Gasteiger charge is -2.32. The van der Waals surface area contributed by atoms with Gasteiger partial charge in [-0.1, -0.05) is 0 Å². The summed E-state index contributed by atoms with van der Waals surface area (Å²) in [6, 6.07) is 2.02. The Morgan fingerprint density at radius 2 is 1.92 bits per heavy atom. The maximum Gasteiger partial charge on any atom is 0.433 e. The molecule has 1 saturated heterocycles. The number of likely N-dealkylation sites (N-methyl/N-ethyl adjacent to an activating group) is 1. The van der Waals surface area contributed by atoms with E-state index in [0.717, 1.165) is 45.2 Å². The lowest BCUT2D eigenvalue weighted by Crippen LogP contribution is -2.45. The summed E-state index contributed by atoms with van der Waals surface area (Å²) in [5, 5.41) is 2.75. The van der Waals surface area contributed by atoms with Crippen LogP contribution in [0.15, 0.2) is 12.1 Å². The van der Waals surface area contributed by atoms with Crippen LogP contribution in [0.1, 0.15) is 28.2 Å². The number of hydrogen-bond acceptors (Lipinski definition) is 4. The SMILES string of the molecule is Cc1nc(C(F)(F)F)ccc1C(=O)NCCCN1CCN(C)CC1. The van der Waals surface area contributed by atoms with Crippen LogP contribution in [0.5, 0.6) is 0 Å². The molecule has 0 radical (unpaired) electrons. The molecule has 0 spiro atoms. The first-order valence-corrected chi connectivity index (χ1v) is 8.01. The fraction of sp³-hybridized carbons (Fsp3) is 0.625. The third-order valence-corrected chi connectivity index (χ3v) is 4.15. The van der Waals surface area contributed by atoms with Crippen molar-refractivity contribution in [3.05, 3.63) is 29.1 Å². The average molecular weight is 344 g/mol. The van der Waals surface area contributed by atoms with E-state index in [0.29, 0.717) is 6.54 Å². The smallest absolute Gasteiger partial charge is 0.352 e. The molecule has 2 heterocycles. The Labute approximate surface area is 139 Å². The van der Waals surface area contributed by atoms with Crippen LogP contribution in [0.2, 0.25) is 0 Å². The van der Waals surface area contributed by atoms with Gasteiger partial charge in [0.05, 0.1) is 11.3 Å². The van der Waals surface area contributed by atoms with Crippen LogP contribution < -0.4 is 5.32 Å². The largest absolute Gasteiger partial charge is 0.433 e. The van der Waals surface area contributed by atoms with Crippen molar-refractivity contribution in [3.8, 4) is 0 Å². The molecule has 0 aliphatic carbocycles. The van der Waals surface area contributed by atoms with Gasteiger partial charge in [-0.3, -0.25) is 4.79 Å². The normalized spacial score (nSPS) is 17.0. The molecule has 1 aromatic heterocycles. The van der Waals surface area contributed by atoms with Crippen LogP contribution in [0.25, 0.3) is 0 Å². The molecular formula is C16H23F3N4O. The molecule has 5 nitrogen and oxygen atoms in total. The van der Waals surface area contributed by atoms with Crippen LogP contribution in [-0.2, 0) is 6.18 Å². The van der Waals surface area contributed by atoms with Crippen molar-refractivity contribution >= 4 is 5.91 Å². The van der Waals surface area contributed by atoms with Crippen molar-refractivity contribution in [2.75, 3.05) is 46.3 Å². The van der Waals surface area contributed by atoms with E-state index < -0.39 is 11.9 Å². The Hall–Kier alpha value is -1.67. The number of hydrogen-bond donors (Lipinski definition) is 1. The quantitative estimate of drug-likeness (QED) is 0.827. The van der Waals surface area contributed by atoms with E-state index in [-0.39, 0.29) is 17.2 Å². The zero-order valence-corrected chi connectivity index (χ0v) is 14.0. The standard InChI is InChI=1S/C16H23F3N4O/c1-12-13(4-5-14(21-12)16(17,18)19)15(24)20-6-3-7-23-10-8-22(2)9-11-23/h4-5H,3,6-11H2,1-2H3,(H,20,24). The number of pyridine rings is 1. The zero-order valence-electron chi connectivity index (χ0n) is 14.0. The Morgan fingerprint density at radius 1 is 1.25 bits per heavy atom. The highest BCUT2D eigenvalue weighted by Gasteiger charge is 2.33. The van der Waals surface area contributed by atoms with Gasteiger partial charge in [0, 0.05) is 32.7 Å². The molecular weight excluding hydrogens is 321 g/mol. The number of carbonyl (C=O) groups is 1. The molecule has 8 heteroatoms. The average Bonchev–Trinajstić information content (AvgIpc) is 2.52. The fourth-order valence-electron chi connectivity index (χ4n) is 2.63. The highest BCUT2D eigenvalue weighted by molar-refractivity contribution is 5.95. The van der Waals surface area contributed by atoms with E-state index in [9.17, 15) is 18.0 Å². The fourth-order valence-corrected chi connectivity index (χ4v) is 2.63. The molecule has 1 aliphatic heterocycles. The molecule has 0 aromatic carbocycles. The summed E-state index contributed by atoms with van der Waals surface area (Å²) < 4.78 is 37.7. The Bertz CT molecular complexity index is 569. The minimum atomic E-state index is -4.50. The predicted octanol–water partition coefficient (Wildman–Crippen LogP) is 1.78. The van der Waals surface area contributed by atoms with Crippen LogP contribution in [0.4, 0.5) is 13.2 Å². The van der Waals surface area contributed by atoms with Crippen molar-refractivity contribution in [3.63, 3.8) is 0 Å². The third kappa shape index (κ3) is 5.17. The molecule has 1 fully saturated rings. The molecule has 0 atom stereocenters. The number of rotatable bonds is 5. The first-order chi connectivity index (χ1) is 11.3. The minimum absolute atomic E-state index is 0.0846. The van der Waals surface area contributed by atoms with Crippen LogP contribution >= 0.6 is 0 Å². The van der Waals surface area contributed by atoms with E-state index in [1.54, 1.807) is 0 Å². The lowest BCUT2D eigenvalue weighted by atomic mass is 10.1. The number of carbonyl (C=O) groups excluding carboxylic acids is 1. The van der Waals surface area contributed by atoms with E-state index in [1.807, 2.05) is 0 Å². The molecule has 1 aliphatic rings. The topological polar surface area (TPSA) is 48.5 Å². The molecule has 0 bridgehead atoms. The van der Waals surface area contributed by atoms with E-state index in [4.69, 9.17) is 0 Å². The number of nitrogens with one attached hydrogen (secondary N) is 1. The number of aromatic nitrogens is 1. The Morgan fingerprint density at radius 3 is 2.50 bits per heavy atom. The zero-order chi connectivity index (χ0) is 17.7. The van der Waals surface area contributed by atoms with Crippen molar-refractivity contribution in [2.45, 2.75) is 19.5 Å². The lowest BCUT2D eigenvalue weighted by molar-refractivity contribution is -0.141. The number of halogens is 3. The second kappa shape index (κ2) is 7.94. The van der Waals surface area contributed by atoms with Crippen molar-refractivity contribution in [2.24, 2.45) is 0 Å². The number of nitrogens with zero attached hydrogens (tertiary/aromatic N) is 3. The Balaban J connectivity index is 1.78. The molecule has 1 N–H and O–H groups in total. The maximum atomic E-state index is 12.6. The summed E-state index contributed by atoms with van der Waals surface area (Å²) in [7, 11) is 2.10. The van der Waals surface area contributed by atoms with Gasteiger partial charge in [0.25, 0.3) is 5.91 Å². The van der Waals surface area contributed by atoms with E-state index in [1.165, 1.54) is 13.0 Å². The monoisotopic (exact) mass is 344 g/mol. The van der Waals surface area contributed by atoms with E-state index >= 15 is 0 Å². The van der Waals surface area contributed by atoms with Gasteiger partial charge in [0.2, 0.25) is 0 Å². The minimum Gasteiger partial charge on any atom is -0.352 e. The summed E-state index contributed by atoms with van der Waals surface area (Å²) >= 11 is 0. The highest BCUT2D eigenvalue weighted by Crippen LogP contribution is 2.28. The first-order valence-electron chi connectivity index (χ1n) is 8.01. The molecule has 1 amide bonds. The second-order valence-electron chi connectivity index (χ2n) is 6.08. The van der Waals surface area contributed by atoms with Crippen molar-refractivity contribution < 1.29 is 18.0 Å². The molecule has 2 rings (SSSR count). The van der Waals surface area contributed by atoms with Gasteiger partial charge in [-0.15, -0.1) is 0 Å². The summed E-state index contributed by atoms with van der Waals surface area (Å²) in [4.78, 5) is 20.2. The predicted molar refractivity (Wildman–Crippen MR) is 84.9 cm³/mol. The van der Waals surface area contributed by atoms with Gasteiger partial charge >= 0.3 is 6.18 Å². The summed E-state index contributed by atoms with van der Waals surface area (Å²) in [6.07, 6.45) is -3.69. The molecule has 24 heavy (non-hydrogen) atoms. The number of amides is 1. The van der Waals surface area contributed by atoms with Gasteiger partial charge in [0.1, 0.15) is 5.69 Å². The molecule has 134 valence electrons. The number of piperazine rings is 1. The van der Waals surface area contributed by atoms with Crippen LogP contribution in [0, 0.1) is 6.92 Å². The second-order valence-corrected chi connectivity index (χ2v) is 6.08. The van der Waals surface area contributed by atoms with Crippen LogP contribution in [-0.4, -0.2) is 67.0 Å². The van der Waals surface area contributed by atoms with Crippen molar-refractivity contribution in [1.29, 1.82) is 0 Å². The number of alkyl halides is 3. The summed E-state index contributed by atoms with van der Waals surface area (Å²) in [5.74, 6) is -0.382. The van der Waals surface area contributed by atoms with Gasteiger partial charge in [-0.2, -0.15) is 13.2 Å². The number of aryl methyl sites for hydroxylation is 1. The molecule has 1 aromatic rings. The Kier molecular flexibility index (Phi) is 6.17. The van der Waals surface area contributed by atoms with Gasteiger partial charge in [-0.25, -0.2) is 4.98 Å².